The number of amides is 3. The van der Waals surface area contributed by atoms with Gasteiger partial charge >= 0.3 is 12.0 Å². The molecule has 0 fully saturated rings. The highest BCUT2D eigenvalue weighted by atomic mass is 16.5. The lowest BCUT2D eigenvalue weighted by Crippen LogP contribution is -2.39. The van der Waals surface area contributed by atoms with Crippen LogP contribution in [0.2, 0.25) is 0 Å². The molecule has 0 atom stereocenters. The number of hydrogen-bond acceptors (Lipinski definition) is 5. The van der Waals surface area contributed by atoms with Crippen molar-refractivity contribution in [2.45, 2.75) is 6.92 Å². The minimum Gasteiger partial charge on any atom is -0.452 e. The average Bonchev–Trinajstić information content (AvgIpc) is 2.36. The van der Waals surface area contributed by atoms with Gasteiger partial charge in [0.05, 0.1) is 5.56 Å². The Kier molecular flexibility index (Phi) is 4.79. The monoisotopic (exact) mass is 251 g/mol. The standard InChI is InChI=1S/C11H13N3O4/c1-7-3-4-8(5-13-7)10(16)18-6-9(15)14-11(17)12-2/h3-5H,6H2,1-2H3,(H2,12,14,15,17). The molecule has 2 N–H and O–H groups in total. The maximum Gasteiger partial charge on any atom is 0.340 e. The third kappa shape index (κ3) is 4.20. The zero-order valence-electron chi connectivity index (χ0n) is 10.0. The number of aromatic nitrogens is 1. The summed E-state index contributed by atoms with van der Waals surface area (Å²) in [4.78, 5) is 37.3. The van der Waals surface area contributed by atoms with Crippen molar-refractivity contribution in [1.82, 2.24) is 15.6 Å². The third-order valence-corrected chi connectivity index (χ3v) is 1.96. The SMILES string of the molecule is CNC(=O)NC(=O)COC(=O)c1ccc(C)nc1. The van der Waals surface area contributed by atoms with Gasteiger partial charge in [0.2, 0.25) is 0 Å². The van der Waals surface area contributed by atoms with E-state index in [1.165, 1.54) is 13.2 Å². The highest BCUT2D eigenvalue weighted by molar-refractivity contribution is 5.96. The van der Waals surface area contributed by atoms with Gasteiger partial charge in [-0.3, -0.25) is 15.1 Å². The number of carbonyl (C=O) groups excluding carboxylic acids is 3. The molecule has 0 saturated heterocycles. The number of ether oxygens (including phenoxy) is 1. The van der Waals surface area contributed by atoms with Gasteiger partial charge in [0.1, 0.15) is 0 Å². The van der Waals surface area contributed by atoms with Crippen molar-refractivity contribution in [1.29, 1.82) is 0 Å². The predicted molar refractivity (Wildman–Crippen MR) is 61.9 cm³/mol. The number of rotatable bonds is 3. The fraction of sp³-hybridized carbons (Fsp3) is 0.273. The summed E-state index contributed by atoms with van der Waals surface area (Å²) >= 11 is 0. The molecule has 1 aromatic rings. The first-order chi connectivity index (χ1) is 8.52. The molecule has 0 spiro atoms. The second-order valence-electron chi connectivity index (χ2n) is 3.39. The van der Waals surface area contributed by atoms with Gasteiger partial charge < -0.3 is 10.1 Å². The fourth-order valence-corrected chi connectivity index (χ4v) is 1.03. The molecule has 18 heavy (non-hydrogen) atoms. The first-order valence-electron chi connectivity index (χ1n) is 5.14. The Morgan fingerprint density at radius 1 is 1.33 bits per heavy atom. The number of nitrogens with one attached hydrogen (secondary N) is 2. The van der Waals surface area contributed by atoms with E-state index in [9.17, 15) is 14.4 Å². The van der Waals surface area contributed by atoms with Crippen molar-refractivity contribution >= 4 is 17.9 Å². The minimum absolute atomic E-state index is 0.244. The summed E-state index contributed by atoms with van der Waals surface area (Å²) in [6.45, 7) is 1.26. The maximum atomic E-state index is 11.5. The van der Waals surface area contributed by atoms with Crippen LogP contribution >= 0.6 is 0 Å². The molecule has 0 bridgehead atoms. The molecule has 0 aliphatic heterocycles. The van der Waals surface area contributed by atoms with Gasteiger partial charge in [0, 0.05) is 18.9 Å². The number of hydrogen-bond donors (Lipinski definition) is 2. The highest BCUT2D eigenvalue weighted by Crippen LogP contribution is 2.01. The second kappa shape index (κ2) is 6.33. The lowest BCUT2D eigenvalue weighted by molar-refractivity contribution is -0.123. The first-order valence-corrected chi connectivity index (χ1v) is 5.14. The highest BCUT2D eigenvalue weighted by Gasteiger charge is 2.11. The average molecular weight is 251 g/mol. The third-order valence-electron chi connectivity index (χ3n) is 1.96. The first kappa shape index (κ1) is 13.6. The number of aryl methyl sites for hydroxylation is 1. The topological polar surface area (TPSA) is 97.4 Å². The van der Waals surface area contributed by atoms with E-state index in [0.717, 1.165) is 5.69 Å². The zero-order valence-corrected chi connectivity index (χ0v) is 10.0. The van der Waals surface area contributed by atoms with Crippen LogP contribution in [0, 0.1) is 6.92 Å². The molecule has 0 aliphatic carbocycles. The summed E-state index contributed by atoms with van der Waals surface area (Å²) in [7, 11) is 1.37. The molecule has 3 amide bonds. The summed E-state index contributed by atoms with van der Waals surface area (Å²) in [6.07, 6.45) is 1.36. The number of esters is 1. The van der Waals surface area contributed by atoms with Crippen LogP contribution in [0.5, 0.6) is 0 Å². The van der Waals surface area contributed by atoms with Crippen LogP contribution in [0.25, 0.3) is 0 Å². The molecular weight excluding hydrogens is 238 g/mol. The van der Waals surface area contributed by atoms with Gasteiger partial charge in [0.25, 0.3) is 5.91 Å². The normalized spacial score (nSPS) is 9.44. The van der Waals surface area contributed by atoms with E-state index in [0.29, 0.717) is 0 Å². The van der Waals surface area contributed by atoms with Gasteiger partial charge in [-0.2, -0.15) is 0 Å². The number of carbonyl (C=O) groups is 3. The van der Waals surface area contributed by atoms with Gasteiger partial charge in [-0.25, -0.2) is 9.59 Å². The molecule has 0 radical (unpaired) electrons. The lowest BCUT2D eigenvalue weighted by atomic mass is 10.2. The molecule has 1 aromatic heterocycles. The van der Waals surface area contributed by atoms with E-state index in [1.54, 1.807) is 19.1 Å². The second-order valence-corrected chi connectivity index (χ2v) is 3.39. The van der Waals surface area contributed by atoms with Crippen molar-refractivity contribution in [3.05, 3.63) is 29.6 Å². The van der Waals surface area contributed by atoms with Crippen molar-refractivity contribution in [2.24, 2.45) is 0 Å². The Labute approximate surface area is 104 Å². The Balaban J connectivity index is 2.44. The maximum absolute atomic E-state index is 11.5. The van der Waals surface area contributed by atoms with Gasteiger partial charge in [-0.05, 0) is 19.1 Å². The summed E-state index contributed by atoms with van der Waals surface area (Å²) in [6, 6.07) is 2.54. The predicted octanol–water partition coefficient (Wildman–Crippen LogP) is 0.00242. The number of imide groups is 1. The molecular formula is C11H13N3O4. The smallest absolute Gasteiger partial charge is 0.340 e. The van der Waals surface area contributed by atoms with Crippen LogP contribution < -0.4 is 10.6 Å². The Bertz CT molecular complexity index is 456. The van der Waals surface area contributed by atoms with E-state index >= 15 is 0 Å². The molecule has 0 aromatic carbocycles. The van der Waals surface area contributed by atoms with E-state index in [4.69, 9.17) is 4.74 Å². The van der Waals surface area contributed by atoms with Crippen LogP contribution in [-0.2, 0) is 9.53 Å². The van der Waals surface area contributed by atoms with Crippen LogP contribution in [0.15, 0.2) is 18.3 Å². The Morgan fingerprint density at radius 3 is 2.61 bits per heavy atom. The van der Waals surface area contributed by atoms with Crippen molar-refractivity contribution in [3.63, 3.8) is 0 Å². The molecule has 96 valence electrons. The van der Waals surface area contributed by atoms with Crippen molar-refractivity contribution < 1.29 is 19.1 Å². The van der Waals surface area contributed by atoms with Gasteiger partial charge in [-0.1, -0.05) is 0 Å². The molecule has 1 heterocycles. The fourth-order valence-electron chi connectivity index (χ4n) is 1.03. The number of pyridine rings is 1. The van der Waals surface area contributed by atoms with Gasteiger partial charge in [0.15, 0.2) is 6.61 Å². The Morgan fingerprint density at radius 2 is 2.06 bits per heavy atom. The van der Waals surface area contributed by atoms with Crippen molar-refractivity contribution in [3.8, 4) is 0 Å². The van der Waals surface area contributed by atoms with Crippen LogP contribution in [0.3, 0.4) is 0 Å². The van der Waals surface area contributed by atoms with E-state index in [1.807, 2.05) is 5.32 Å². The van der Waals surface area contributed by atoms with E-state index < -0.39 is 24.5 Å². The lowest BCUT2D eigenvalue weighted by Gasteiger charge is -2.05. The molecule has 7 heteroatoms. The van der Waals surface area contributed by atoms with Crippen LogP contribution in [0.1, 0.15) is 16.1 Å². The largest absolute Gasteiger partial charge is 0.452 e. The quantitative estimate of drug-likeness (QED) is 0.737. The van der Waals surface area contributed by atoms with Crippen molar-refractivity contribution in [2.75, 3.05) is 13.7 Å². The summed E-state index contributed by atoms with van der Waals surface area (Å²) < 4.78 is 4.70. The summed E-state index contributed by atoms with van der Waals surface area (Å²) in [5.41, 5.74) is 1.01. The van der Waals surface area contributed by atoms with E-state index in [2.05, 4.69) is 10.3 Å². The zero-order chi connectivity index (χ0) is 13.5. The molecule has 0 unspecified atom stereocenters. The minimum atomic E-state index is -0.706. The summed E-state index contributed by atoms with van der Waals surface area (Å²) in [5.74, 6) is -1.38. The Hall–Kier alpha value is -2.44. The number of nitrogens with zero attached hydrogens (tertiary/aromatic N) is 1. The molecule has 7 nitrogen and oxygen atoms in total. The number of urea groups is 1. The molecule has 1 rings (SSSR count). The van der Waals surface area contributed by atoms with E-state index in [-0.39, 0.29) is 5.56 Å². The molecule has 0 saturated carbocycles. The summed E-state index contributed by atoms with van der Waals surface area (Å²) in [5, 5.41) is 4.16. The molecule has 0 aliphatic rings. The van der Waals surface area contributed by atoms with Crippen LogP contribution in [0.4, 0.5) is 4.79 Å². The van der Waals surface area contributed by atoms with Gasteiger partial charge in [-0.15, -0.1) is 0 Å². The van der Waals surface area contributed by atoms with Crippen LogP contribution in [-0.4, -0.2) is 36.5 Å².